The molecule has 0 rings (SSSR count). The van der Waals surface area contributed by atoms with Crippen molar-refractivity contribution < 1.29 is 4.79 Å². The molecule has 0 N–H and O–H groups in total. The first-order valence-corrected chi connectivity index (χ1v) is 9.06. The van der Waals surface area contributed by atoms with E-state index in [4.69, 9.17) is 5.26 Å². The molecule has 0 aromatic rings. The molecule has 15 heavy (non-hydrogen) atoms. The molecule has 0 aliphatic carbocycles. The summed E-state index contributed by atoms with van der Waals surface area (Å²) in [6.07, 6.45) is 2.30. The van der Waals surface area contributed by atoms with Crippen LogP contribution in [0.5, 0.6) is 0 Å². The molecule has 0 radical (unpaired) electrons. The number of rotatable bonds is 6. The van der Waals surface area contributed by atoms with Gasteiger partial charge in [-0.25, -0.2) is 0 Å². The fourth-order valence-electron chi connectivity index (χ4n) is 1.71. The highest BCUT2D eigenvalue weighted by Gasteiger charge is 2.24. The molecule has 0 saturated heterocycles. The van der Waals surface area contributed by atoms with Crippen LogP contribution in [0.25, 0.3) is 0 Å². The average Bonchev–Trinajstić information content (AvgIpc) is 2.12. The van der Waals surface area contributed by atoms with Crippen LogP contribution in [-0.4, -0.2) is 13.9 Å². The summed E-state index contributed by atoms with van der Waals surface area (Å²) in [4.78, 5) is 11.0. The van der Waals surface area contributed by atoms with Crippen LogP contribution in [0.3, 0.4) is 0 Å². The van der Waals surface area contributed by atoms with Crippen LogP contribution in [0.4, 0.5) is 0 Å². The molecule has 0 heterocycles. The molecule has 0 spiro atoms. The Balaban J connectivity index is 4.36. The highest BCUT2D eigenvalue weighted by Crippen LogP contribution is 2.26. The number of carbonyl (C=O) groups excluding carboxylic acids is 1. The molecule has 84 valence electrons. The fraction of sp³-hybridized carbons (Fsp3) is 0.667. The summed E-state index contributed by atoms with van der Waals surface area (Å²) in [5, 5.41) is 8.45. The van der Waals surface area contributed by atoms with Gasteiger partial charge in [-0.15, -0.1) is 6.58 Å². The zero-order chi connectivity index (χ0) is 12.1. The maximum Gasteiger partial charge on any atom is 0.232 e. The summed E-state index contributed by atoms with van der Waals surface area (Å²) in [5.74, 6) is 0.292. The molecule has 2 atom stereocenters. The summed E-state index contributed by atoms with van der Waals surface area (Å²) < 4.78 is 0. The smallest absolute Gasteiger partial charge is 0.232 e. The van der Waals surface area contributed by atoms with E-state index in [-0.39, 0.29) is 11.7 Å². The van der Waals surface area contributed by atoms with Crippen molar-refractivity contribution in [3.63, 3.8) is 0 Å². The van der Waals surface area contributed by atoms with E-state index in [9.17, 15) is 4.79 Å². The molecular weight excluding hydrogens is 202 g/mol. The Labute approximate surface area is 94.0 Å². The number of Topliss-reactive ketones (excluding diaryl/α,β-unsaturated/α-hetero) is 1. The number of allylic oxidation sites excluding steroid dienone is 1. The molecule has 0 unspecified atom stereocenters. The van der Waals surface area contributed by atoms with Crippen LogP contribution in [0.1, 0.15) is 13.3 Å². The van der Waals surface area contributed by atoms with Gasteiger partial charge in [0.2, 0.25) is 5.78 Å². The van der Waals surface area contributed by atoms with Gasteiger partial charge in [-0.1, -0.05) is 38.7 Å². The highest BCUT2D eigenvalue weighted by molar-refractivity contribution is 6.76. The van der Waals surface area contributed by atoms with E-state index < -0.39 is 8.07 Å². The van der Waals surface area contributed by atoms with E-state index in [2.05, 4.69) is 26.2 Å². The Morgan fingerprint density at radius 2 is 2.07 bits per heavy atom. The number of nitrogens with zero attached hydrogens (tertiary/aromatic N) is 1. The number of ketones is 1. The Morgan fingerprint density at radius 1 is 1.53 bits per heavy atom. The second kappa shape index (κ2) is 5.87. The van der Waals surface area contributed by atoms with Gasteiger partial charge in [0.1, 0.15) is 6.07 Å². The van der Waals surface area contributed by atoms with Crippen molar-refractivity contribution in [2.24, 2.45) is 11.8 Å². The fourth-order valence-corrected chi connectivity index (χ4v) is 3.70. The van der Waals surface area contributed by atoms with Gasteiger partial charge in [-0.05, 0) is 11.8 Å². The van der Waals surface area contributed by atoms with Crippen molar-refractivity contribution in [2.75, 3.05) is 0 Å². The molecule has 0 fully saturated rings. The average molecular weight is 223 g/mol. The lowest BCUT2D eigenvalue weighted by Crippen LogP contribution is -2.26. The molecule has 2 nitrogen and oxygen atoms in total. The number of hydrogen-bond acceptors (Lipinski definition) is 2. The second-order valence-corrected chi connectivity index (χ2v) is 10.9. The van der Waals surface area contributed by atoms with E-state index in [1.807, 2.05) is 13.0 Å². The normalized spacial score (nSPS) is 15.1. The Bertz CT molecular complexity index is 272. The van der Waals surface area contributed by atoms with Crippen molar-refractivity contribution in [2.45, 2.75) is 39.0 Å². The zero-order valence-electron chi connectivity index (χ0n) is 10.2. The minimum absolute atomic E-state index is 0.237. The Hall–Kier alpha value is -0.883. The largest absolute Gasteiger partial charge is 0.283 e. The first-order valence-electron chi connectivity index (χ1n) is 5.35. The van der Waals surface area contributed by atoms with Gasteiger partial charge < -0.3 is 0 Å². The van der Waals surface area contributed by atoms with Crippen molar-refractivity contribution in [3.8, 4) is 6.07 Å². The van der Waals surface area contributed by atoms with Crippen molar-refractivity contribution >= 4 is 13.9 Å². The third-order valence-electron chi connectivity index (χ3n) is 2.51. The predicted octanol–water partition coefficient (Wildman–Crippen LogP) is 3.25. The van der Waals surface area contributed by atoms with Gasteiger partial charge in [-0.3, -0.25) is 4.79 Å². The summed E-state index contributed by atoms with van der Waals surface area (Å²) in [6.45, 7) is 12.8. The van der Waals surface area contributed by atoms with Gasteiger partial charge in [0.15, 0.2) is 0 Å². The van der Waals surface area contributed by atoms with Gasteiger partial charge in [0.05, 0.1) is 0 Å². The number of nitriles is 1. The predicted molar refractivity (Wildman–Crippen MR) is 66.2 cm³/mol. The van der Waals surface area contributed by atoms with Crippen LogP contribution in [-0.2, 0) is 4.79 Å². The van der Waals surface area contributed by atoms with E-state index in [1.54, 1.807) is 6.07 Å². The third kappa shape index (κ3) is 6.24. The van der Waals surface area contributed by atoms with Gasteiger partial charge in [0, 0.05) is 14.5 Å². The van der Waals surface area contributed by atoms with Crippen LogP contribution in [0.2, 0.25) is 25.7 Å². The first-order chi connectivity index (χ1) is 6.80. The molecule has 3 heteroatoms. The molecule has 0 aliphatic heterocycles. The molecule has 0 aromatic carbocycles. The lowest BCUT2D eigenvalue weighted by molar-refractivity contribution is -0.114. The Kier molecular flexibility index (Phi) is 5.52. The molecule has 0 amide bonds. The lowest BCUT2D eigenvalue weighted by atomic mass is 9.91. The van der Waals surface area contributed by atoms with E-state index in [0.29, 0.717) is 12.3 Å². The van der Waals surface area contributed by atoms with Gasteiger partial charge in [-0.2, -0.15) is 5.26 Å². The summed E-state index contributed by atoms with van der Waals surface area (Å²) in [5.41, 5.74) is 0. The van der Waals surface area contributed by atoms with E-state index in [0.717, 1.165) is 6.04 Å². The highest BCUT2D eigenvalue weighted by atomic mass is 28.3. The molecule has 0 saturated carbocycles. The molecule has 0 aliphatic rings. The zero-order valence-corrected chi connectivity index (χ0v) is 11.2. The summed E-state index contributed by atoms with van der Waals surface area (Å²) in [7, 11) is -1.13. The minimum Gasteiger partial charge on any atom is -0.283 e. The first kappa shape index (κ1) is 14.1. The summed E-state index contributed by atoms with van der Waals surface area (Å²) >= 11 is 0. The van der Waals surface area contributed by atoms with Crippen LogP contribution in [0.15, 0.2) is 12.7 Å². The standard InChI is InChI=1S/C12H21NOSi/c1-6-11(9-15(3,4)5)10(2)7-12(14)8-13/h6,10-11H,1,7,9H2,2-5H3/t10-,11-/m0/s1. The second-order valence-electron chi connectivity index (χ2n) is 5.38. The van der Waals surface area contributed by atoms with E-state index in [1.165, 1.54) is 0 Å². The monoisotopic (exact) mass is 223 g/mol. The van der Waals surface area contributed by atoms with E-state index >= 15 is 0 Å². The molecular formula is C12H21NOSi. The van der Waals surface area contributed by atoms with Gasteiger partial charge in [0.25, 0.3) is 0 Å². The van der Waals surface area contributed by atoms with Crippen molar-refractivity contribution in [3.05, 3.63) is 12.7 Å². The third-order valence-corrected chi connectivity index (χ3v) is 4.21. The maximum absolute atomic E-state index is 11.0. The van der Waals surface area contributed by atoms with Crippen LogP contribution < -0.4 is 0 Å². The molecule has 0 aromatic heterocycles. The summed E-state index contributed by atoms with van der Waals surface area (Å²) in [6, 6.07) is 2.81. The maximum atomic E-state index is 11.0. The minimum atomic E-state index is -1.13. The quantitative estimate of drug-likeness (QED) is 0.394. The Morgan fingerprint density at radius 3 is 2.40 bits per heavy atom. The number of carbonyl (C=O) groups is 1. The topological polar surface area (TPSA) is 40.9 Å². The van der Waals surface area contributed by atoms with Crippen molar-refractivity contribution in [1.29, 1.82) is 5.26 Å². The molecule has 0 bridgehead atoms. The van der Waals surface area contributed by atoms with Crippen LogP contribution >= 0.6 is 0 Å². The van der Waals surface area contributed by atoms with Gasteiger partial charge >= 0.3 is 0 Å². The van der Waals surface area contributed by atoms with Crippen LogP contribution in [0, 0.1) is 23.2 Å². The van der Waals surface area contributed by atoms with Crippen molar-refractivity contribution in [1.82, 2.24) is 0 Å². The SMILES string of the molecule is C=C[C@@H](C[Si](C)(C)C)[C@@H](C)CC(=O)C#N. The lowest BCUT2D eigenvalue weighted by Gasteiger charge is -2.26. The number of hydrogen-bond donors (Lipinski definition) is 0.